The summed E-state index contributed by atoms with van der Waals surface area (Å²) in [4.78, 5) is 23.8. The molecule has 2 amide bonds. The summed E-state index contributed by atoms with van der Waals surface area (Å²) in [5, 5.41) is 5.42. The predicted molar refractivity (Wildman–Crippen MR) is 105 cm³/mol. The first kappa shape index (κ1) is 21.4. The summed E-state index contributed by atoms with van der Waals surface area (Å²) in [7, 11) is 1.30. The van der Waals surface area contributed by atoms with E-state index in [1.165, 1.54) is 13.2 Å². The minimum absolute atomic E-state index is 0.0502. The Morgan fingerprint density at radius 2 is 1.97 bits per heavy atom. The largest absolute Gasteiger partial charge is 0.490 e. The zero-order valence-electron chi connectivity index (χ0n) is 16.6. The van der Waals surface area contributed by atoms with Crippen LogP contribution in [0.25, 0.3) is 11.1 Å². The molecule has 1 aliphatic heterocycles. The fraction of sp³-hybridized carbons (Fsp3) is 0.333. The van der Waals surface area contributed by atoms with Crippen LogP contribution in [0.3, 0.4) is 0 Å². The van der Waals surface area contributed by atoms with E-state index in [4.69, 9.17) is 9.47 Å². The van der Waals surface area contributed by atoms with E-state index in [2.05, 4.69) is 15.4 Å². The van der Waals surface area contributed by atoms with E-state index < -0.39 is 6.61 Å². The minimum atomic E-state index is -3.05. The van der Waals surface area contributed by atoms with E-state index in [1.54, 1.807) is 24.3 Å². The molecule has 0 aliphatic carbocycles. The summed E-state index contributed by atoms with van der Waals surface area (Å²) in [5.74, 6) is -0.670. The maximum absolute atomic E-state index is 12.8. The van der Waals surface area contributed by atoms with E-state index in [0.717, 1.165) is 12.0 Å². The number of fused-ring (bicyclic) bond motifs is 1. The van der Waals surface area contributed by atoms with Crippen LogP contribution in [0.15, 0.2) is 30.3 Å². The minimum Gasteiger partial charge on any atom is -0.490 e. The summed E-state index contributed by atoms with van der Waals surface area (Å²) in [6, 6.07) is 8.10. The number of benzene rings is 2. The second-order valence-electron chi connectivity index (χ2n) is 6.55. The summed E-state index contributed by atoms with van der Waals surface area (Å²) in [6.45, 7) is -0.580. The Labute approximate surface area is 172 Å². The molecule has 0 atom stereocenters. The quantitative estimate of drug-likeness (QED) is 0.651. The number of carbonyl (C=O) groups excluding carboxylic acids is 2. The van der Waals surface area contributed by atoms with E-state index >= 15 is 0 Å². The SMILES string of the molecule is CCCNC(=O)COc1c(-c2ccc3c(c2)CNC3=O)ccc(OC(F)F)c1OC. The monoisotopic (exact) mass is 420 g/mol. The molecule has 9 heteroatoms. The number of ether oxygens (including phenoxy) is 3. The van der Waals surface area contributed by atoms with Gasteiger partial charge in [-0.2, -0.15) is 8.78 Å². The maximum atomic E-state index is 12.8. The van der Waals surface area contributed by atoms with Crippen LogP contribution in [0.2, 0.25) is 0 Å². The van der Waals surface area contributed by atoms with Crippen molar-refractivity contribution in [2.45, 2.75) is 26.5 Å². The smallest absolute Gasteiger partial charge is 0.387 e. The lowest BCUT2D eigenvalue weighted by Crippen LogP contribution is -2.29. The molecule has 160 valence electrons. The van der Waals surface area contributed by atoms with Crippen molar-refractivity contribution in [2.24, 2.45) is 0 Å². The van der Waals surface area contributed by atoms with Gasteiger partial charge in [-0.15, -0.1) is 0 Å². The van der Waals surface area contributed by atoms with Gasteiger partial charge in [0.2, 0.25) is 5.75 Å². The molecule has 0 aromatic heterocycles. The summed E-state index contributed by atoms with van der Waals surface area (Å²) in [5.41, 5.74) is 2.57. The molecule has 0 radical (unpaired) electrons. The zero-order valence-corrected chi connectivity index (χ0v) is 16.6. The van der Waals surface area contributed by atoms with Crippen LogP contribution in [0.1, 0.15) is 29.3 Å². The van der Waals surface area contributed by atoms with Crippen molar-refractivity contribution < 1.29 is 32.6 Å². The number of carbonyl (C=O) groups is 2. The first-order valence-corrected chi connectivity index (χ1v) is 9.41. The molecule has 7 nitrogen and oxygen atoms in total. The van der Waals surface area contributed by atoms with Gasteiger partial charge in [0, 0.05) is 24.2 Å². The van der Waals surface area contributed by atoms with Crippen LogP contribution >= 0.6 is 0 Å². The highest BCUT2D eigenvalue weighted by Crippen LogP contribution is 2.45. The molecule has 0 unspecified atom stereocenters. The number of halogens is 2. The molecule has 1 aliphatic rings. The third kappa shape index (κ3) is 4.61. The molecule has 0 fully saturated rings. The molecular formula is C21H22F2N2O5. The lowest BCUT2D eigenvalue weighted by atomic mass is 9.99. The molecule has 0 bridgehead atoms. The van der Waals surface area contributed by atoms with Gasteiger partial charge in [-0.05, 0) is 41.8 Å². The van der Waals surface area contributed by atoms with Crippen molar-refractivity contribution in [3.8, 4) is 28.4 Å². The summed E-state index contributed by atoms with van der Waals surface area (Å²) in [6.07, 6.45) is 0.764. The van der Waals surface area contributed by atoms with Crippen LogP contribution in [0, 0.1) is 0 Å². The molecular weight excluding hydrogens is 398 g/mol. The average molecular weight is 420 g/mol. The van der Waals surface area contributed by atoms with Crippen LogP contribution in [0.5, 0.6) is 17.2 Å². The van der Waals surface area contributed by atoms with Gasteiger partial charge in [-0.3, -0.25) is 9.59 Å². The van der Waals surface area contributed by atoms with Crippen LogP contribution in [-0.2, 0) is 11.3 Å². The highest BCUT2D eigenvalue weighted by atomic mass is 19.3. The standard InChI is InChI=1S/C21H22F2N2O5/c1-3-8-24-17(26)11-29-18-14(6-7-16(19(18)28-2)30-21(22)23)12-4-5-15-13(9-12)10-25-20(15)27/h4-7,9,21H,3,8,10-11H2,1-2H3,(H,24,26)(H,25,27). The fourth-order valence-electron chi connectivity index (χ4n) is 3.15. The normalized spacial score (nSPS) is 12.4. The van der Waals surface area contributed by atoms with Crippen molar-refractivity contribution in [3.05, 3.63) is 41.5 Å². The number of methoxy groups -OCH3 is 1. The van der Waals surface area contributed by atoms with Gasteiger partial charge in [-0.1, -0.05) is 13.0 Å². The van der Waals surface area contributed by atoms with Gasteiger partial charge in [0.15, 0.2) is 18.1 Å². The number of hydrogen-bond acceptors (Lipinski definition) is 5. The van der Waals surface area contributed by atoms with E-state index in [0.29, 0.717) is 29.8 Å². The van der Waals surface area contributed by atoms with Crippen LogP contribution in [0.4, 0.5) is 8.78 Å². The second kappa shape index (κ2) is 9.43. The average Bonchev–Trinajstić information content (AvgIpc) is 3.10. The molecule has 1 heterocycles. The van der Waals surface area contributed by atoms with Gasteiger partial charge in [0.1, 0.15) is 0 Å². The summed E-state index contributed by atoms with van der Waals surface area (Å²) >= 11 is 0. The van der Waals surface area contributed by atoms with E-state index in [1.807, 2.05) is 6.92 Å². The second-order valence-corrected chi connectivity index (χ2v) is 6.55. The maximum Gasteiger partial charge on any atom is 0.387 e. The molecule has 0 saturated heterocycles. The van der Waals surface area contributed by atoms with Crippen molar-refractivity contribution in [1.82, 2.24) is 10.6 Å². The Hall–Kier alpha value is -3.36. The van der Waals surface area contributed by atoms with Gasteiger partial charge in [0.25, 0.3) is 11.8 Å². The Morgan fingerprint density at radius 3 is 2.67 bits per heavy atom. The predicted octanol–water partition coefficient (Wildman–Crippen LogP) is 3.11. The number of rotatable bonds is 9. The molecule has 3 rings (SSSR count). The van der Waals surface area contributed by atoms with Crippen LogP contribution < -0.4 is 24.8 Å². The highest BCUT2D eigenvalue weighted by molar-refractivity contribution is 5.99. The third-order valence-electron chi connectivity index (χ3n) is 4.52. The molecule has 2 N–H and O–H groups in total. The first-order valence-electron chi connectivity index (χ1n) is 9.41. The molecule has 0 saturated carbocycles. The van der Waals surface area contributed by atoms with E-state index in [-0.39, 0.29) is 35.7 Å². The molecule has 0 spiro atoms. The van der Waals surface area contributed by atoms with Crippen molar-refractivity contribution in [2.75, 3.05) is 20.3 Å². The Balaban J connectivity index is 2.01. The number of hydrogen-bond donors (Lipinski definition) is 2. The number of amides is 2. The Morgan fingerprint density at radius 1 is 1.20 bits per heavy atom. The molecule has 30 heavy (non-hydrogen) atoms. The van der Waals surface area contributed by atoms with Gasteiger partial charge in [0.05, 0.1) is 7.11 Å². The van der Waals surface area contributed by atoms with Gasteiger partial charge in [-0.25, -0.2) is 0 Å². The van der Waals surface area contributed by atoms with E-state index in [9.17, 15) is 18.4 Å². The number of nitrogens with one attached hydrogen (secondary N) is 2. The van der Waals surface area contributed by atoms with Crippen LogP contribution in [-0.4, -0.2) is 38.7 Å². The van der Waals surface area contributed by atoms with Crippen molar-refractivity contribution in [1.29, 1.82) is 0 Å². The highest BCUT2D eigenvalue weighted by Gasteiger charge is 2.24. The fourth-order valence-corrected chi connectivity index (χ4v) is 3.15. The zero-order chi connectivity index (χ0) is 21.7. The van der Waals surface area contributed by atoms with Gasteiger partial charge < -0.3 is 24.8 Å². The topological polar surface area (TPSA) is 85.9 Å². The number of alkyl halides is 2. The van der Waals surface area contributed by atoms with Crippen molar-refractivity contribution in [3.63, 3.8) is 0 Å². The third-order valence-corrected chi connectivity index (χ3v) is 4.52. The first-order chi connectivity index (χ1) is 14.4. The Kier molecular flexibility index (Phi) is 6.71. The van der Waals surface area contributed by atoms with Gasteiger partial charge >= 0.3 is 6.61 Å². The molecule has 2 aromatic carbocycles. The van der Waals surface area contributed by atoms with Crippen molar-refractivity contribution >= 4 is 11.8 Å². The summed E-state index contributed by atoms with van der Waals surface area (Å²) < 4.78 is 41.1. The molecule has 2 aromatic rings. The Bertz CT molecular complexity index is 949. The lowest BCUT2D eigenvalue weighted by Gasteiger charge is -2.18. The lowest BCUT2D eigenvalue weighted by molar-refractivity contribution is -0.123.